The van der Waals surface area contributed by atoms with Gasteiger partial charge in [0, 0.05) is 11.1 Å². The molecule has 1 aromatic heterocycles. The van der Waals surface area contributed by atoms with Crippen LogP contribution in [0.4, 0.5) is 0 Å². The maximum Gasteiger partial charge on any atom is 0.150 e. The number of aromatic nitrogens is 1. The molecule has 88 valence electrons. The number of fused-ring (bicyclic) bond motifs is 1. The van der Waals surface area contributed by atoms with Crippen molar-refractivity contribution in [3.63, 3.8) is 0 Å². The molecule has 2 aromatic carbocycles. The second kappa shape index (κ2) is 4.35. The average Bonchev–Trinajstić information content (AvgIpc) is 2.81. The van der Waals surface area contributed by atoms with Gasteiger partial charge in [0.05, 0.1) is 10.2 Å². The Bertz CT molecular complexity index is 713. The van der Waals surface area contributed by atoms with E-state index in [1.54, 1.807) is 11.3 Å². The van der Waals surface area contributed by atoms with Gasteiger partial charge in [-0.2, -0.15) is 0 Å². The Morgan fingerprint density at radius 1 is 1.11 bits per heavy atom. The van der Waals surface area contributed by atoms with E-state index in [0.29, 0.717) is 5.56 Å². The van der Waals surface area contributed by atoms with Crippen LogP contribution in [0.1, 0.15) is 15.9 Å². The summed E-state index contributed by atoms with van der Waals surface area (Å²) in [6.45, 7) is 2.08. The Hall–Kier alpha value is -2.00. The highest BCUT2D eigenvalue weighted by atomic mass is 32.1. The normalized spacial score (nSPS) is 10.7. The van der Waals surface area contributed by atoms with Crippen molar-refractivity contribution in [1.82, 2.24) is 4.98 Å². The maximum absolute atomic E-state index is 10.6. The maximum atomic E-state index is 10.6. The zero-order valence-electron chi connectivity index (χ0n) is 9.88. The van der Waals surface area contributed by atoms with Crippen LogP contribution < -0.4 is 0 Å². The van der Waals surface area contributed by atoms with Crippen LogP contribution >= 0.6 is 11.3 Å². The molecule has 3 heteroatoms. The largest absolute Gasteiger partial charge is 0.298 e. The first-order chi connectivity index (χ1) is 8.76. The van der Waals surface area contributed by atoms with Crippen molar-refractivity contribution < 1.29 is 4.79 Å². The van der Waals surface area contributed by atoms with E-state index in [1.165, 1.54) is 10.3 Å². The summed E-state index contributed by atoms with van der Waals surface area (Å²) in [6.07, 6.45) is 0.853. The Morgan fingerprint density at radius 3 is 2.61 bits per heavy atom. The van der Waals surface area contributed by atoms with Crippen molar-refractivity contribution >= 4 is 27.8 Å². The summed E-state index contributed by atoms with van der Waals surface area (Å²) in [4.78, 5) is 15.2. The van der Waals surface area contributed by atoms with E-state index in [9.17, 15) is 4.79 Å². The van der Waals surface area contributed by atoms with Gasteiger partial charge in [0.25, 0.3) is 0 Å². The quantitative estimate of drug-likeness (QED) is 0.644. The minimum Gasteiger partial charge on any atom is -0.298 e. The second-order valence-corrected chi connectivity index (χ2v) is 5.26. The molecule has 0 radical (unpaired) electrons. The zero-order chi connectivity index (χ0) is 12.5. The van der Waals surface area contributed by atoms with Gasteiger partial charge >= 0.3 is 0 Å². The fourth-order valence-electron chi connectivity index (χ4n) is 1.86. The predicted octanol–water partition coefficient (Wildman–Crippen LogP) is 4.08. The van der Waals surface area contributed by atoms with Gasteiger partial charge in [-0.15, -0.1) is 11.3 Å². The molecule has 0 fully saturated rings. The van der Waals surface area contributed by atoms with E-state index in [1.807, 2.05) is 30.3 Å². The molecule has 3 aromatic rings. The summed E-state index contributed by atoms with van der Waals surface area (Å²) in [7, 11) is 0. The number of nitrogens with zero attached hydrogens (tertiary/aromatic N) is 1. The van der Waals surface area contributed by atoms with Crippen LogP contribution in [-0.4, -0.2) is 11.3 Å². The number of carbonyl (C=O) groups is 1. The molecule has 3 rings (SSSR count). The summed E-state index contributed by atoms with van der Waals surface area (Å²) < 4.78 is 1.20. The van der Waals surface area contributed by atoms with Gasteiger partial charge in [-0.05, 0) is 24.6 Å². The number of aldehydes is 1. The molecule has 1 heterocycles. The van der Waals surface area contributed by atoms with Crippen molar-refractivity contribution in [2.75, 3.05) is 0 Å². The molecule has 0 saturated heterocycles. The zero-order valence-corrected chi connectivity index (χ0v) is 10.7. The molecule has 0 bridgehead atoms. The Balaban J connectivity index is 2.10. The lowest BCUT2D eigenvalue weighted by Gasteiger charge is -1.95. The molecule has 0 N–H and O–H groups in total. The molecule has 0 amide bonds. The summed E-state index contributed by atoms with van der Waals surface area (Å²) in [5, 5.41) is 0.994. The summed E-state index contributed by atoms with van der Waals surface area (Å²) in [5.74, 6) is 0. The molecule has 0 spiro atoms. The smallest absolute Gasteiger partial charge is 0.150 e. The first-order valence-corrected chi connectivity index (χ1v) is 6.51. The predicted molar refractivity (Wildman–Crippen MR) is 75.2 cm³/mol. The minimum absolute atomic E-state index is 0.690. The summed E-state index contributed by atoms with van der Waals surface area (Å²) in [5.41, 5.74) is 4.02. The number of hydrogen-bond donors (Lipinski definition) is 0. The van der Waals surface area contributed by atoms with Crippen LogP contribution in [0.3, 0.4) is 0 Å². The van der Waals surface area contributed by atoms with Crippen molar-refractivity contribution in [3.8, 4) is 10.6 Å². The Morgan fingerprint density at radius 2 is 1.89 bits per heavy atom. The molecule has 0 saturated carbocycles. The lowest BCUT2D eigenvalue weighted by atomic mass is 10.1. The van der Waals surface area contributed by atoms with Gasteiger partial charge in [0.15, 0.2) is 0 Å². The monoisotopic (exact) mass is 253 g/mol. The third-order valence-corrected chi connectivity index (χ3v) is 3.90. The first-order valence-electron chi connectivity index (χ1n) is 5.69. The number of thiazole rings is 1. The number of carbonyl (C=O) groups excluding carboxylic acids is 1. The van der Waals surface area contributed by atoms with Crippen LogP contribution in [0, 0.1) is 6.92 Å². The van der Waals surface area contributed by atoms with Gasteiger partial charge in [-0.1, -0.05) is 30.3 Å². The van der Waals surface area contributed by atoms with Crippen molar-refractivity contribution in [3.05, 3.63) is 53.6 Å². The van der Waals surface area contributed by atoms with Crippen LogP contribution in [0.2, 0.25) is 0 Å². The molecular formula is C15H11NOS. The lowest BCUT2D eigenvalue weighted by Crippen LogP contribution is -1.80. The van der Waals surface area contributed by atoms with Crippen LogP contribution in [-0.2, 0) is 0 Å². The Labute approximate surface area is 109 Å². The molecule has 0 aliphatic heterocycles. The second-order valence-electron chi connectivity index (χ2n) is 4.23. The summed E-state index contributed by atoms with van der Waals surface area (Å²) >= 11 is 1.68. The standard InChI is InChI=1S/C15H11NOS/c1-10-2-7-13-14(8-10)18-15(16-13)12-5-3-11(9-17)4-6-12/h2-9H,1H3. The van der Waals surface area contributed by atoms with Crippen molar-refractivity contribution in [2.45, 2.75) is 6.92 Å². The topological polar surface area (TPSA) is 30.0 Å². The minimum atomic E-state index is 0.690. The third kappa shape index (κ3) is 1.93. The van der Waals surface area contributed by atoms with Crippen molar-refractivity contribution in [1.29, 1.82) is 0 Å². The number of rotatable bonds is 2. The van der Waals surface area contributed by atoms with Gasteiger partial charge in [0.2, 0.25) is 0 Å². The SMILES string of the molecule is Cc1ccc2nc(-c3ccc(C=O)cc3)sc2c1. The lowest BCUT2D eigenvalue weighted by molar-refractivity contribution is 0.112. The number of aryl methyl sites for hydroxylation is 1. The highest BCUT2D eigenvalue weighted by molar-refractivity contribution is 7.21. The van der Waals surface area contributed by atoms with Gasteiger partial charge < -0.3 is 0 Å². The Kier molecular flexibility index (Phi) is 2.68. The van der Waals surface area contributed by atoms with Gasteiger partial charge in [-0.25, -0.2) is 4.98 Å². The van der Waals surface area contributed by atoms with E-state index in [-0.39, 0.29) is 0 Å². The van der Waals surface area contributed by atoms with E-state index < -0.39 is 0 Å². The molecular weight excluding hydrogens is 242 g/mol. The molecule has 0 aliphatic carbocycles. The van der Waals surface area contributed by atoms with Gasteiger partial charge in [0.1, 0.15) is 11.3 Å². The molecule has 2 nitrogen and oxygen atoms in total. The number of benzene rings is 2. The van der Waals surface area contributed by atoms with Gasteiger partial charge in [-0.3, -0.25) is 4.79 Å². The fraction of sp³-hybridized carbons (Fsp3) is 0.0667. The third-order valence-electron chi connectivity index (χ3n) is 2.84. The fourth-order valence-corrected chi connectivity index (χ4v) is 2.93. The van der Waals surface area contributed by atoms with E-state index >= 15 is 0 Å². The number of hydrogen-bond acceptors (Lipinski definition) is 3. The van der Waals surface area contributed by atoms with Crippen LogP contribution in [0.25, 0.3) is 20.8 Å². The van der Waals surface area contributed by atoms with Crippen molar-refractivity contribution in [2.24, 2.45) is 0 Å². The first kappa shape index (κ1) is 11.1. The average molecular weight is 253 g/mol. The molecule has 18 heavy (non-hydrogen) atoms. The molecule has 0 atom stereocenters. The van der Waals surface area contributed by atoms with E-state index in [0.717, 1.165) is 22.4 Å². The molecule has 0 unspecified atom stereocenters. The van der Waals surface area contributed by atoms with Crippen LogP contribution in [0.5, 0.6) is 0 Å². The highest BCUT2D eigenvalue weighted by Gasteiger charge is 2.06. The highest BCUT2D eigenvalue weighted by Crippen LogP contribution is 2.30. The molecule has 0 aliphatic rings. The summed E-state index contributed by atoms with van der Waals surface area (Å²) in [6, 6.07) is 13.8. The van der Waals surface area contributed by atoms with E-state index in [4.69, 9.17) is 0 Å². The van der Waals surface area contributed by atoms with E-state index in [2.05, 4.69) is 24.0 Å². The van der Waals surface area contributed by atoms with Crippen LogP contribution in [0.15, 0.2) is 42.5 Å².